The maximum atomic E-state index is 5.51. The summed E-state index contributed by atoms with van der Waals surface area (Å²) in [6, 6.07) is 0.448. The summed E-state index contributed by atoms with van der Waals surface area (Å²) < 4.78 is 10.8. The van der Waals surface area contributed by atoms with E-state index in [1.807, 2.05) is 0 Å². The first kappa shape index (κ1) is 22.6. The van der Waals surface area contributed by atoms with Gasteiger partial charge < -0.3 is 19.9 Å². The molecular formula is C20H38N6O2. The minimum absolute atomic E-state index is 0.280. The predicted molar refractivity (Wildman–Crippen MR) is 112 cm³/mol. The minimum atomic E-state index is 0.280. The number of rotatable bonds is 10. The molecule has 1 atom stereocenters. The number of morpholine rings is 1. The van der Waals surface area contributed by atoms with E-state index in [2.05, 4.69) is 60.3 Å². The Morgan fingerprint density at radius 3 is 2.54 bits per heavy atom. The van der Waals surface area contributed by atoms with E-state index >= 15 is 0 Å². The van der Waals surface area contributed by atoms with Crippen LogP contribution in [0.15, 0.2) is 9.52 Å². The molecule has 2 rings (SSSR count). The molecule has 0 amide bonds. The quantitative estimate of drug-likeness (QED) is 0.464. The van der Waals surface area contributed by atoms with Crippen LogP contribution in [0.3, 0.4) is 0 Å². The van der Waals surface area contributed by atoms with Gasteiger partial charge in [-0.05, 0) is 19.3 Å². The molecule has 8 nitrogen and oxygen atoms in total. The zero-order valence-corrected chi connectivity index (χ0v) is 18.2. The topological polar surface area (TPSA) is 87.8 Å². The largest absolute Gasteiger partial charge is 0.379 e. The molecule has 0 aliphatic carbocycles. The summed E-state index contributed by atoms with van der Waals surface area (Å²) in [6.07, 6.45) is 1.83. The second-order valence-electron chi connectivity index (χ2n) is 8.03. The van der Waals surface area contributed by atoms with Gasteiger partial charge >= 0.3 is 0 Å². The van der Waals surface area contributed by atoms with Crippen molar-refractivity contribution in [3.8, 4) is 0 Å². The van der Waals surface area contributed by atoms with Gasteiger partial charge in [0.2, 0.25) is 5.89 Å². The highest BCUT2D eigenvalue weighted by molar-refractivity contribution is 5.79. The van der Waals surface area contributed by atoms with Gasteiger partial charge in [0.15, 0.2) is 11.8 Å². The van der Waals surface area contributed by atoms with Crippen LogP contribution in [0, 0.1) is 5.92 Å². The lowest BCUT2D eigenvalue weighted by atomic mass is 10.0. The Hall–Kier alpha value is -1.67. The first-order chi connectivity index (χ1) is 13.5. The molecule has 0 spiro atoms. The van der Waals surface area contributed by atoms with E-state index in [0.29, 0.717) is 30.8 Å². The molecule has 2 N–H and O–H groups in total. The molecule has 1 unspecified atom stereocenters. The molecule has 0 bridgehead atoms. The van der Waals surface area contributed by atoms with Crippen LogP contribution >= 0.6 is 0 Å². The number of hydrogen-bond acceptors (Lipinski definition) is 6. The molecule has 28 heavy (non-hydrogen) atoms. The van der Waals surface area contributed by atoms with Crippen LogP contribution in [-0.2, 0) is 11.2 Å². The Kier molecular flexibility index (Phi) is 9.70. The number of nitrogens with one attached hydrogen (secondary N) is 2. The third-order valence-electron chi connectivity index (χ3n) is 4.74. The molecule has 1 saturated heterocycles. The zero-order chi connectivity index (χ0) is 20.4. The Balaban J connectivity index is 1.88. The summed E-state index contributed by atoms with van der Waals surface area (Å²) in [7, 11) is 0. The smallest absolute Gasteiger partial charge is 0.228 e. The number of aliphatic imine (C=N–C) groups is 1. The third kappa shape index (κ3) is 7.75. The molecule has 2 heterocycles. The van der Waals surface area contributed by atoms with Crippen molar-refractivity contribution in [1.82, 2.24) is 25.7 Å². The summed E-state index contributed by atoms with van der Waals surface area (Å²) in [5, 5.41) is 10.7. The molecule has 1 aliphatic heterocycles. The second-order valence-corrected chi connectivity index (χ2v) is 8.03. The lowest BCUT2D eigenvalue weighted by Crippen LogP contribution is -2.46. The SMILES string of the molecule is CCNC(=NCC(CC(C)C)N1CCOCC1)NCCc1nc(C(C)C)no1. The average molecular weight is 395 g/mol. The highest BCUT2D eigenvalue weighted by Gasteiger charge is 2.21. The normalized spacial score (nSPS) is 17.3. The summed E-state index contributed by atoms with van der Waals surface area (Å²) in [6.45, 7) is 16.7. The van der Waals surface area contributed by atoms with Gasteiger partial charge in [-0.2, -0.15) is 4.98 Å². The summed E-state index contributed by atoms with van der Waals surface area (Å²) in [5.41, 5.74) is 0. The summed E-state index contributed by atoms with van der Waals surface area (Å²) >= 11 is 0. The van der Waals surface area contributed by atoms with Crippen LogP contribution in [0.2, 0.25) is 0 Å². The molecule has 160 valence electrons. The van der Waals surface area contributed by atoms with E-state index < -0.39 is 0 Å². The lowest BCUT2D eigenvalue weighted by Gasteiger charge is -2.34. The van der Waals surface area contributed by atoms with Crippen molar-refractivity contribution in [3.63, 3.8) is 0 Å². The molecule has 1 aromatic heterocycles. The maximum absolute atomic E-state index is 5.51. The van der Waals surface area contributed by atoms with E-state index in [0.717, 1.165) is 57.6 Å². The van der Waals surface area contributed by atoms with Crippen LogP contribution in [0.1, 0.15) is 58.7 Å². The van der Waals surface area contributed by atoms with Crippen molar-refractivity contribution >= 4 is 5.96 Å². The van der Waals surface area contributed by atoms with Crippen molar-refractivity contribution in [3.05, 3.63) is 11.7 Å². The number of aromatic nitrogens is 2. The van der Waals surface area contributed by atoms with Crippen LogP contribution in [0.25, 0.3) is 0 Å². The van der Waals surface area contributed by atoms with Crippen LogP contribution in [0.4, 0.5) is 0 Å². The average Bonchev–Trinajstić information content (AvgIpc) is 3.14. The maximum Gasteiger partial charge on any atom is 0.228 e. The highest BCUT2D eigenvalue weighted by Crippen LogP contribution is 2.14. The molecule has 1 aromatic rings. The molecule has 1 fully saturated rings. The van der Waals surface area contributed by atoms with Gasteiger partial charge in [0.1, 0.15) is 0 Å². The van der Waals surface area contributed by atoms with Crippen molar-refractivity contribution in [1.29, 1.82) is 0 Å². The molecular weight excluding hydrogens is 356 g/mol. The van der Waals surface area contributed by atoms with Gasteiger partial charge in [-0.15, -0.1) is 0 Å². The van der Waals surface area contributed by atoms with Crippen LogP contribution < -0.4 is 10.6 Å². The molecule has 0 aromatic carbocycles. The number of guanidine groups is 1. The fourth-order valence-electron chi connectivity index (χ4n) is 3.26. The fourth-order valence-corrected chi connectivity index (χ4v) is 3.26. The molecule has 0 saturated carbocycles. The Labute approximate surface area is 169 Å². The first-order valence-electron chi connectivity index (χ1n) is 10.7. The fraction of sp³-hybridized carbons (Fsp3) is 0.850. The van der Waals surface area contributed by atoms with Crippen molar-refractivity contribution in [2.45, 2.75) is 59.4 Å². The zero-order valence-electron chi connectivity index (χ0n) is 18.2. The molecule has 0 radical (unpaired) electrons. The molecule has 8 heteroatoms. The van der Waals surface area contributed by atoms with Crippen molar-refractivity contribution < 1.29 is 9.26 Å². The first-order valence-corrected chi connectivity index (χ1v) is 10.7. The number of ether oxygens (including phenoxy) is 1. The summed E-state index contributed by atoms with van der Waals surface area (Å²) in [4.78, 5) is 11.8. The van der Waals surface area contributed by atoms with Gasteiger partial charge in [-0.25, -0.2) is 0 Å². The Bertz CT molecular complexity index is 581. The monoisotopic (exact) mass is 394 g/mol. The van der Waals surface area contributed by atoms with E-state index in [1.54, 1.807) is 0 Å². The van der Waals surface area contributed by atoms with Crippen LogP contribution in [-0.4, -0.2) is 73.0 Å². The van der Waals surface area contributed by atoms with Gasteiger partial charge in [0, 0.05) is 44.6 Å². The third-order valence-corrected chi connectivity index (χ3v) is 4.74. The Morgan fingerprint density at radius 2 is 1.93 bits per heavy atom. The highest BCUT2D eigenvalue weighted by atomic mass is 16.5. The van der Waals surface area contributed by atoms with E-state index in [1.165, 1.54) is 0 Å². The number of nitrogens with zero attached hydrogens (tertiary/aromatic N) is 4. The van der Waals surface area contributed by atoms with Gasteiger partial charge in [-0.1, -0.05) is 32.9 Å². The van der Waals surface area contributed by atoms with Gasteiger partial charge in [0.05, 0.1) is 19.8 Å². The van der Waals surface area contributed by atoms with E-state index in [9.17, 15) is 0 Å². The van der Waals surface area contributed by atoms with Crippen molar-refractivity contribution in [2.24, 2.45) is 10.9 Å². The Morgan fingerprint density at radius 1 is 1.18 bits per heavy atom. The van der Waals surface area contributed by atoms with Gasteiger partial charge in [-0.3, -0.25) is 9.89 Å². The van der Waals surface area contributed by atoms with Crippen molar-refractivity contribution in [2.75, 3.05) is 45.9 Å². The lowest BCUT2D eigenvalue weighted by molar-refractivity contribution is 0.0143. The minimum Gasteiger partial charge on any atom is -0.379 e. The second kappa shape index (κ2) is 12.0. The number of hydrogen-bond donors (Lipinski definition) is 2. The molecule has 1 aliphatic rings. The predicted octanol–water partition coefficient (Wildman–Crippen LogP) is 2.04. The van der Waals surface area contributed by atoms with E-state index in [-0.39, 0.29) is 5.92 Å². The van der Waals surface area contributed by atoms with Gasteiger partial charge in [0.25, 0.3) is 0 Å². The van der Waals surface area contributed by atoms with E-state index in [4.69, 9.17) is 14.3 Å². The van der Waals surface area contributed by atoms with Crippen LogP contribution in [0.5, 0.6) is 0 Å². The summed E-state index contributed by atoms with van der Waals surface area (Å²) in [5.74, 6) is 3.19. The standard InChI is InChI=1S/C20H38N6O2/c1-6-21-20(22-8-7-18-24-19(16(4)5)25-28-18)23-14-17(13-15(2)3)26-9-11-27-12-10-26/h15-17H,6-14H2,1-5H3,(H2,21,22,23).